The third kappa shape index (κ3) is 2.22. The zero-order chi connectivity index (χ0) is 11.4. The zero-order valence-electron chi connectivity index (χ0n) is 9.28. The summed E-state index contributed by atoms with van der Waals surface area (Å²) in [6.07, 6.45) is 6.70. The number of amides is 1. The van der Waals surface area contributed by atoms with E-state index in [0.29, 0.717) is 18.7 Å². The van der Waals surface area contributed by atoms with E-state index in [2.05, 4.69) is 10.3 Å². The van der Waals surface area contributed by atoms with Crippen LogP contribution in [0.4, 0.5) is 0 Å². The van der Waals surface area contributed by atoms with E-state index < -0.39 is 0 Å². The van der Waals surface area contributed by atoms with Crippen LogP contribution in [0.3, 0.4) is 0 Å². The Morgan fingerprint density at radius 2 is 2.38 bits per heavy atom. The molecule has 3 N–H and O–H groups in total. The molecule has 0 bridgehead atoms. The van der Waals surface area contributed by atoms with Gasteiger partial charge in [-0.15, -0.1) is 0 Å². The summed E-state index contributed by atoms with van der Waals surface area (Å²) < 4.78 is 0. The maximum absolute atomic E-state index is 11.8. The van der Waals surface area contributed by atoms with Gasteiger partial charge in [-0.3, -0.25) is 9.78 Å². The van der Waals surface area contributed by atoms with Gasteiger partial charge in [0.25, 0.3) is 5.91 Å². The van der Waals surface area contributed by atoms with E-state index in [1.54, 1.807) is 24.5 Å². The number of carbonyl (C=O) groups is 1. The number of pyridine rings is 1. The Bertz CT molecular complexity index is 354. The smallest absolute Gasteiger partial charge is 0.252 e. The summed E-state index contributed by atoms with van der Waals surface area (Å²) in [4.78, 5) is 15.7. The lowest BCUT2D eigenvalue weighted by Gasteiger charge is -2.40. The summed E-state index contributed by atoms with van der Waals surface area (Å²) in [6.45, 7) is 1.33. The van der Waals surface area contributed by atoms with Crippen LogP contribution in [0, 0.1) is 5.41 Å². The van der Waals surface area contributed by atoms with Crippen LogP contribution in [0.5, 0.6) is 0 Å². The van der Waals surface area contributed by atoms with Crippen molar-refractivity contribution >= 4 is 5.91 Å². The second-order valence-electron chi connectivity index (χ2n) is 4.48. The number of nitrogens with two attached hydrogens (primary N) is 1. The van der Waals surface area contributed by atoms with Gasteiger partial charge in [-0.2, -0.15) is 0 Å². The Balaban J connectivity index is 1.89. The van der Waals surface area contributed by atoms with Crippen molar-refractivity contribution < 1.29 is 4.79 Å². The van der Waals surface area contributed by atoms with Gasteiger partial charge in [0.1, 0.15) is 0 Å². The highest BCUT2D eigenvalue weighted by atomic mass is 16.1. The highest BCUT2D eigenvalue weighted by Crippen LogP contribution is 2.39. The molecule has 16 heavy (non-hydrogen) atoms. The molecule has 0 aliphatic heterocycles. The molecule has 1 aromatic rings. The molecule has 0 aromatic carbocycles. The SMILES string of the molecule is NCC1(CNC(=O)c2cccnc2)CCC1. The lowest BCUT2D eigenvalue weighted by molar-refractivity contribution is 0.0876. The summed E-state index contributed by atoms with van der Waals surface area (Å²) in [5.41, 5.74) is 6.49. The van der Waals surface area contributed by atoms with E-state index in [0.717, 1.165) is 12.8 Å². The molecule has 1 saturated carbocycles. The maximum Gasteiger partial charge on any atom is 0.252 e. The molecule has 0 radical (unpaired) electrons. The first kappa shape index (κ1) is 11.1. The van der Waals surface area contributed by atoms with E-state index in [1.807, 2.05) is 0 Å². The fraction of sp³-hybridized carbons (Fsp3) is 0.500. The average molecular weight is 219 g/mol. The van der Waals surface area contributed by atoms with Crippen LogP contribution in [0.25, 0.3) is 0 Å². The van der Waals surface area contributed by atoms with E-state index in [-0.39, 0.29) is 11.3 Å². The summed E-state index contributed by atoms with van der Waals surface area (Å²) in [5.74, 6) is -0.0622. The van der Waals surface area contributed by atoms with Crippen LogP contribution in [0.15, 0.2) is 24.5 Å². The number of nitrogens with zero attached hydrogens (tertiary/aromatic N) is 1. The third-order valence-electron chi connectivity index (χ3n) is 3.39. The molecule has 1 aromatic heterocycles. The predicted molar refractivity (Wildman–Crippen MR) is 61.9 cm³/mol. The Labute approximate surface area is 95.3 Å². The van der Waals surface area contributed by atoms with Crippen LogP contribution in [0.2, 0.25) is 0 Å². The van der Waals surface area contributed by atoms with Crippen molar-refractivity contribution in [3.05, 3.63) is 30.1 Å². The van der Waals surface area contributed by atoms with Gasteiger partial charge in [0.05, 0.1) is 5.56 Å². The van der Waals surface area contributed by atoms with Crippen molar-refractivity contribution in [2.24, 2.45) is 11.1 Å². The first-order valence-corrected chi connectivity index (χ1v) is 5.64. The van der Waals surface area contributed by atoms with Gasteiger partial charge in [0.2, 0.25) is 0 Å². The first-order valence-electron chi connectivity index (χ1n) is 5.64. The number of rotatable bonds is 4. The molecule has 1 aliphatic carbocycles. The Kier molecular flexibility index (Phi) is 3.19. The lowest BCUT2D eigenvalue weighted by atomic mass is 9.69. The molecule has 0 saturated heterocycles. The van der Waals surface area contributed by atoms with Crippen molar-refractivity contribution in [2.75, 3.05) is 13.1 Å². The van der Waals surface area contributed by atoms with Crippen molar-refractivity contribution in [3.8, 4) is 0 Å². The topological polar surface area (TPSA) is 68.0 Å². The fourth-order valence-corrected chi connectivity index (χ4v) is 2.00. The molecule has 86 valence electrons. The molecule has 0 atom stereocenters. The molecule has 0 unspecified atom stereocenters. The maximum atomic E-state index is 11.8. The van der Waals surface area contributed by atoms with Gasteiger partial charge in [-0.25, -0.2) is 0 Å². The molecule has 4 nitrogen and oxygen atoms in total. The van der Waals surface area contributed by atoms with Crippen LogP contribution >= 0.6 is 0 Å². The summed E-state index contributed by atoms with van der Waals surface area (Å²) >= 11 is 0. The summed E-state index contributed by atoms with van der Waals surface area (Å²) in [7, 11) is 0. The van der Waals surface area contributed by atoms with E-state index >= 15 is 0 Å². The second kappa shape index (κ2) is 4.61. The number of nitrogens with one attached hydrogen (secondary N) is 1. The number of aromatic nitrogens is 1. The Morgan fingerprint density at radius 1 is 1.56 bits per heavy atom. The van der Waals surface area contributed by atoms with Gasteiger partial charge in [0.15, 0.2) is 0 Å². The quantitative estimate of drug-likeness (QED) is 0.792. The Hall–Kier alpha value is -1.42. The van der Waals surface area contributed by atoms with Gasteiger partial charge < -0.3 is 11.1 Å². The van der Waals surface area contributed by atoms with Crippen LogP contribution in [0.1, 0.15) is 29.6 Å². The minimum Gasteiger partial charge on any atom is -0.351 e. The van der Waals surface area contributed by atoms with Crippen LogP contribution in [-0.4, -0.2) is 24.0 Å². The van der Waals surface area contributed by atoms with Gasteiger partial charge in [-0.1, -0.05) is 6.42 Å². The highest BCUT2D eigenvalue weighted by Gasteiger charge is 2.35. The lowest BCUT2D eigenvalue weighted by Crippen LogP contribution is -2.46. The fourth-order valence-electron chi connectivity index (χ4n) is 2.00. The molecular formula is C12H17N3O. The molecule has 2 rings (SSSR count). The molecule has 1 fully saturated rings. The molecule has 0 spiro atoms. The molecular weight excluding hydrogens is 202 g/mol. The van der Waals surface area contributed by atoms with Crippen molar-refractivity contribution in [2.45, 2.75) is 19.3 Å². The highest BCUT2D eigenvalue weighted by molar-refractivity contribution is 5.93. The van der Waals surface area contributed by atoms with E-state index in [4.69, 9.17) is 5.73 Å². The van der Waals surface area contributed by atoms with Crippen LogP contribution in [-0.2, 0) is 0 Å². The van der Waals surface area contributed by atoms with Gasteiger partial charge >= 0.3 is 0 Å². The first-order chi connectivity index (χ1) is 7.76. The number of carbonyl (C=O) groups excluding carboxylic acids is 1. The summed E-state index contributed by atoms with van der Waals surface area (Å²) in [5, 5.41) is 2.93. The standard InChI is InChI=1S/C12H17N3O/c13-8-12(4-2-5-12)9-15-11(16)10-3-1-6-14-7-10/h1,3,6-7H,2,4-5,8-9,13H2,(H,15,16). The number of hydrogen-bond donors (Lipinski definition) is 2. The van der Waals surface area contributed by atoms with Gasteiger partial charge in [0, 0.05) is 18.9 Å². The predicted octanol–water partition coefficient (Wildman–Crippen LogP) is 0.940. The monoisotopic (exact) mass is 219 g/mol. The summed E-state index contributed by atoms with van der Waals surface area (Å²) in [6, 6.07) is 3.52. The third-order valence-corrected chi connectivity index (χ3v) is 3.39. The minimum atomic E-state index is -0.0622. The van der Waals surface area contributed by atoms with Crippen molar-refractivity contribution in [1.82, 2.24) is 10.3 Å². The van der Waals surface area contributed by atoms with E-state index in [1.165, 1.54) is 6.42 Å². The minimum absolute atomic E-state index is 0.0622. The van der Waals surface area contributed by atoms with E-state index in [9.17, 15) is 4.79 Å². The van der Waals surface area contributed by atoms with Crippen molar-refractivity contribution in [1.29, 1.82) is 0 Å². The normalized spacial score (nSPS) is 17.6. The zero-order valence-corrected chi connectivity index (χ0v) is 9.28. The van der Waals surface area contributed by atoms with Crippen LogP contribution < -0.4 is 11.1 Å². The average Bonchev–Trinajstić information content (AvgIpc) is 2.29. The molecule has 1 heterocycles. The largest absolute Gasteiger partial charge is 0.351 e. The second-order valence-corrected chi connectivity index (χ2v) is 4.48. The molecule has 1 aliphatic rings. The number of hydrogen-bond acceptors (Lipinski definition) is 3. The molecule has 1 amide bonds. The van der Waals surface area contributed by atoms with Crippen molar-refractivity contribution in [3.63, 3.8) is 0 Å². The molecule has 4 heteroatoms. The Morgan fingerprint density at radius 3 is 2.88 bits per heavy atom. The van der Waals surface area contributed by atoms with Gasteiger partial charge in [-0.05, 0) is 36.9 Å².